The lowest BCUT2D eigenvalue weighted by Gasteiger charge is -2.21. The molecule has 2 rings (SSSR count). The highest BCUT2D eigenvalue weighted by molar-refractivity contribution is 5.81. The normalized spacial score (nSPS) is 23.1. The summed E-state index contributed by atoms with van der Waals surface area (Å²) in [5.41, 5.74) is 0.692. The topological polar surface area (TPSA) is 47.6 Å². The molecular weight excluding hydrogens is 242 g/mol. The fraction of sp³-hybridized carbons (Fsp3) is 0.533. The summed E-state index contributed by atoms with van der Waals surface area (Å²) in [6.07, 6.45) is 0.701. The minimum absolute atomic E-state index is 0.00602. The highest BCUT2D eigenvalue weighted by Gasteiger charge is 2.31. The molecule has 0 bridgehead atoms. The molecule has 1 saturated heterocycles. The van der Waals surface area contributed by atoms with E-state index < -0.39 is 0 Å². The summed E-state index contributed by atoms with van der Waals surface area (Å²) in [6.45, 7) is 7.93. The predicted octanol–water partition coefficient (Wildman–Crippen LogP) is 2.98. The van der Waals surface area contributed by atoms with Gasteiger partial charge in [-0.3, -0.25) is 0 Å². The van der Waals surface area contributed by atoms with Crippen molar-refractivity contribution in [3.63, 3.8) is 0 Å². The lowest BCUT2D eigenvalue weighted by atomic mass is 10.1. The third kappa shape index (κ3) is 3.88. The Balaban J connectivity index is 1.97. The van der Waals surface area contributed by atoms with Crippen molar-refractivity contribution in [3.8, 4) is 5.75 Å². The summed E-state index contributed by atoms with van der Waals surface area (Å²) < 4.78 is 10.9. The van der Waals surface area contributed by atoms with Crippen molar-refractivity contribution in [1.82, 2.24) is 0 Å². The van der Waals surface area contributed by atoms with E-state index in [1.54, 1.807) is 0 Å². The first kappa shape index (κ1) is 13.7. The van der Waals surface area contributed by atoms with Crippen molar-refractivity contribution < 1.29 is 14.3 Å². The van der Waals surface area contributed by atoms with Gasteiger partial charge < -0.3 is 14.8 Å². The van der Waals surface area contributed by atoms with E-state index in [1.165, 1.54) is 0 Å². The van der Waals surface area contributed by atoms with E-state index >= 15 is 0 Å². The zero-order valence-electron chi connectivity index (χ0n) is 11.9. The molecule has 1 N–H and O–H groups in total. The summed E-state index contributed by atoms with van der Waals surface area (Å²) in [6, 6.07) is 7.38. The smallest absolute Gasteiger partial charge is 0.328 e. The maximum absolute atomic E-state index is 11.5. The Morgan fingerprint density at radius 3 is 2.37 bits per heavy atom. The van der Waals surface area contributed by atoms with Gasteiger partial charge in [-0.15, -0.1) is 0 Å². The summed E-state index contributed by atoms with van der Waals surface area (Å²) >= 11 is 0. The monoisotopic (exact) mass is 263 g/mol. The first-order valence-corrected chi connectivity index (χ1v) is 6.59. The van der Waals surface area contributed by atoms with Crippen LogP contribution in [-0.4, -0.2) is 23.7 Å². The van der Waals surface area contributed by atoms with Gasteiger partial charge in [0.25, 0.3) is 0 Å². The van der Waals surface area contributed by atoms with Crippen molar-refractivity contribution in [2.75, 3.05) is 5.32 Å². The van der Waals surface area contributed by atoms with Gasteiger partial charge in [0.05, 0.1) is 0 Å². The van der Waals surface area contributed by atoms with Gasteiger partial charge in [0, 0.05) is 12.1 Å². The van der Waals surface area contributed by atoms with Crippen LogP contribution in [0.1, 0.15) is 34.1 Å². The molecule has 2 atom stereocenters. The minimum Gasteiger partial charge on any atom is -0.488 e. The van der Waals surface area contributed by atoms with Crippen LogP contribution in [0.15, 0.2) is 24.3 Å². The minimum atomic E-state index is -0.246. The van der Waals surface area contributed by atoms with Crippen LogP contribution < -0.4 is 10.1 Å². The molecule has 0 spiro atoms. The van der Waals surface area contributed by atoms with Crippen LogP contribution in [0.5, 0.6) is 5.75 Å². The van der Waals surface area contributed by atoms with Gasteiger partial charge >= 0.3 is 5.97 Å². The second-order valence-corrected chi connectivity index (χ2v) is 5.92. The van der Waals surface area contributed by atoms with E-state index in [0.29, 0.717) is 6.42 Å². The number of carbonyl (C=O) groups is 1. The number of benzene rings is 1. The highest BCUT2D eigenvalue weighted by atomic mass is 16.6. The van der Waals surface area contributed by atoms with Crippen LogP contribution in [0, 0.1) is 0 Å². The number of ether oxygens (including phenoxy) is 2. The molecule has 0 aliphatic carbocycles. The second-order valence-electron chi connectivity index (χ2n) is 5.92. The molecule has 4 nitrogen and oxygen atoms in total. The lowest BCUT2D eigenvalue weighted by molar-refractivity contribution is -0.141. The second kappa shape index (κ2) is 5.11. The van der Waals surface area contributed by atoms with Crippen molar-refractivity contribution >= 4 is 11.7 Å². The van der Waals surface area contributed by atoms with Gasteiger partial charge in [-0.25, -0.2) is 4.79 Å². The molecular formula is C15H21NO3. The van der Waals surface area contributed by atoms with Crippen LogP contribution in [-0.2, 0) is 9.53 Å². The standard InChI is InChI=1S/C15H21NO3/c1-10-9-13(14(17)18-10)16-11-5-7-12(8-6-11)19-15(2,3)4/h5-8,10,13,16H,9H2,1-4H3/t10-,13-/m0/s1. The molecule has 1 fully saturated rings. The Labute approximate surface area is 114 Å². The fourth-order valence-electron chi connectivity index (χ4n) is 2.05. The third-order valence-electron chi connectivity index (χ3n) is 2.79. The first-order valence-electron chi connectivity index (χ1n) is 6.59. The van der Waals surface area contributed by atoms with Crippen LogP contribution in [0.3, 0.4) is 0 Å². The van der Waals surface area contributed by atoms with Crippen LogP contribution in [0.4, 0.5) is 5.69 Å². The van der Waals surface area contributed by atoms with Crippen molar-refractivity contribution in [3.05, 3.63) is 24.3 Å². The Morgan fingerprint density at radius 2 is 1.89 bits per heavy atom. The van der Waals surface area contributed by atoms with Crippen LogP contribution in [0.2, 0.25) is 0 Å². The first-order chi connectivity index (χ1) is 8.83. The van der Waals surface area contributed by atoms with Gasteiger partial charge in [-0.1, -0.05) is 0 Å². The zero-order valence-corrected chi connectivity index (χ0v) is 11.9. The zero-order chi connectivity index (χ0) is 14.0. The Hall–Kier alpha value is -1.71. The number of anilines is 1. The molecule has 1 aromatic carbocycles. The molecule has 0 radical (unpaired) electrons. The summed E-state index contributed by atoms with van der Waals surface area (Å²) in [4.78, 5) is 11.5. The number of carbonyl (C=O) groups excluding carboxylic acids is 1. The molecule has 0 aromatic heterocycles. The van der Waals surface area contributed by atoms with Crippen molar-refractivity contribution in [2.45, 2.75) is 51.9 Å². The Morgan fingerprint density at radius 1 is 1.26 bits per heavy atom. The number of nitrogens with one attached hydrogen (secondary N) is 1. The summed E-state index contributed by atoms with van der Waals surface area (Å²) in [5, 5.41) is 3.18. The van der Waals surface area contributed by atoms with Crippen molar-refractivity contribution in [2.24, 2.45) is 0 Å². The molecule has 1 aliphatic rings. The van der Waals surface area contributed by atoms with Gasteiger partial charge in [0.15, 0.2) is 0 Å². The maximum atomic E-state index is 11.5. The van der Waals surface area contributed by atoms with E-state index in [9.17, 15) is 4.79 Å². The quantitative estimate of drug-likeness (QED) is 0.852. The maximum Gasteiger partial charge on any atom is 0.328 e. The third-order valence-corrected chi connectivity index (χ3v) is 2.79. The number of rotatable bonds is 3. The van der Waals surface area contributed by atoms with E-state index in [4.69, 9.17) is 9.47 Å². The van der Waals surface area contributed by atoms with Gasteiger partial charge in [0.2, 0.25) is 0 Å². The summed E-state index contributed by atoms with van der Waals surface area (Å²) in [7, 11) is 0. The number of esters is 1. The van der Waals surface area contributed by atoms with Crippen molar-refractivity contribution in [1.29, 1.82) is 0 Å². The predicted molar refractivity (Wildman–Crippen MR) is 74.4 cm³/mol. The van der Waals surface area contributed by atoms with E-state index in [-0.39, 0.29) is 23.7 Å². The summed E-state index contributed by atoms with van der Waals surface area (Å²) in [5.74, 6) is 0.642. The highest BCUT2D eigenvalue weighted by Crippen LogP contribution is 2.23. The van der Waals surface area contributed by atoms with Crippen LogP contribution >= 0.6 is 0 Å². The molecule has 1 aliphatic heterocycles. The molecule has 0 unspecified atom stereocenters. The number of cyclic esters (lactones) is 1. The van der Waals surface area contributed by atoms with E-state index in [0.717, 1.165) is 11.4 Å². The largest absolute Gasteiger partial charge is 0.488 e. The lowest BCUT2D eigenvalue weighted by Crippen LogP contribution is -2.24. The average molecular weight is 263 g/mol. The molecule has 0 amide bonds. The molecule has 1 aromatic rings. The fourth-order valence-corrected chi connectivity index (χ4v) is 2.05. The van der Waals surface area contributed by atoms with E-state index in [1.807, 2.05) is 52.0 Å². The molecule has 104 valence electrons. The Bertz CT molecular complexity index is 447. The van der Waals surface area contributed by atoms with Crippen LogP contribution in [0.25, 0.3) is 0 Å². The molecule has 0 saturated carbocycles. The SMILES string of the molecule is C[C@H]1C[C@H](Nc2ccc(OC(C)(C)C)cc2)C(=O)O1. The number of hydrogen-bond acceptors (Lipinski definition) is 4. The van der Waals surface area contributed by atoms with Gasteiger partial charge in [-0.2, -0.15) is 0 Å². The Kier molecular flexibility index (Phi) is 3.69. The van der Waals surface area contributed by atoms with Gasteiger partial charge in [-0.05, 0) is 52.0 Å². The van der Waals surface area contributed by atoms with Gasteiger partial charge in [0.1, 0.15) is 23.5 Å². The average Bonchev–Trinajstić information content (AvgIpc) is 2.58. The molecule has 4 heteroatoms. The number of hydrogen-bond donors (Lipinski definition) is 1. The molecule has 19 heavy (non-hydrogen) atoms. The molecule has 1 heterocycles. The van der Waals surface area contributed by atoms with E-state index in [2.05, 4.69) is 5.32 Å².